The van der Waals surface area contributed by atoms with E-state index in [2.05, 4.69) is 10.6 Å². The van der Waals surface area contributed by atoms with Crippen LogP contribution in [0.5, 0.6) is 0 Å². The number of rotatable bonds is 5. The predicted octanol–water partition coefficient (Wildman–Crippen LogP) is 3.12. The molecule has 21 heavy (non-hydrogen) atoms. The smallest absolute Gasteiger partial charge is 0.292 e. The van der Waals surface area contributed by atoms with Crippen LogP contribution in [-0.2, 0) is 6.42 Å². The van der Waals surface area contributed by atoms with Gasteiger partial charge in [-0.25, -0.2) is 0 Å². The zero-order chi connectivity index (χ0) is 15.1. The summed E-state index contributed by atoms with van der Waals surface area (Å²) in [7, 11) is 0. The van der Waals surface area contributed by atoms with Gasteiger partial charge in [0, 0.05) is 12.6 Å². The van der Waals surface area contributed by atoms with Gasteiger partial charge in [-0.2, -0.15) is 0 Å². The molecule has 2 rings (SSSR count). The second kappa shape index (κ2) is 7.35. The number of benzene rings is 2. The van der Waals surface area contributed by atoms with Crippen molar-refractivity contribution in [3.05, 3.63) is 70.3 Å². The molecule has 0 saturated heterocycles. The number of hydrogen-bond donors (Lipinski definition) is 2. The SMILES string of the molecule is O=[N+]([O-])c1ccccc1NC(=S)NCCc1ccccc1. The first-order valence-electron chi connectivity index (χ1n) is 6.49. The van der Waals surface area contributed by atoms with Crippen LogP contribution in [0.15, 0.2) is 54.6 Å². The van der Waals surface area contributed by atoms with Crippen LogP contribution in [0.4, 0.5) is 11.4 Å². The highest BCUT2D eigenvalue weighted by atomic mass is 32.1. The van der Waals surface area contributed by atoms with Gasteiger partial charge in [0.15, 0.2) is 5.11 Å². The molecule has 0 aliphatic heterocycles. The molecule has 5 nitrogen and oxygen atoms in total. The predicted molar refractivity (Wildman–Crippen MR) is 87.5 cm³/mol. The Bertz CT molecular complexity index is 632. The van der Waals surface area contributed by atoms with Gasteiger partial charge in [-0.1, -0.05) is 42.5 Å². The number of hydrogen-bond acceptors (Lipinski definition) is 3. The van der Waals surface area contributed by atoms with E-state index in [1.54, 1.807) is 18.2 Å². The molecule has 0 atom stereocenters. The molecular formula is C15H15N3O2S. The normalized spacial score (nSPS) is 9.90. The molecular weight excluding hydrogens is 286 g/mol. The van der Waals surface area contributed by atoms with Crippen molar-refractivity contribution >= 4 is 28.7 Å². The summed E-state index contributed by atoms with van der Waals surface area (Å²) >= 11 is 5.15. The van der Waals surface area contributed by atoms with E-state index in [9.17, 15) is 10.1 Å². The lowest BCUT2D eigenvalue weighted by Crippen LogP contribution is -2.30. The molecule has 2 aromatic carbocycles. The summed E-state index contributed by atoms with van der Waals surface area (Å²) in [5, 5.41) is 17.2. The first-order valence-corrected chi connectivity index (χ1v) is 6.90. The Hall–Kier alpha value is -2.47. The standard InChI is InChI=1S/C15H15N3O2S/c19-18(20)14-9-5-4-8-13(14)17-15(21)16-11-10-12-6-2-1-3-7-12/h1-9H,10-11H2,(H2,16,17,21). The third-order valence-electron chi connectivity index (χ3n) is 2.89. The maximum atomic E-state index is 10.9. The van der Waals surface area contributed by atoms with Gasteiger partial charge in [0.05, 0.1) is 4.92 Å². The van der Waals surface area contributed by atoms with Crippen molar-refractivity contribution < 1.29 is 4.92 Å². The fourth-order valence-electron chi connectivity index (χ4n) is 1.87. The van der Waals surface area contributed by atoms with Gasteiger partial charge in [0.1, 0.15) is 5.69 Å². The van der Waals surface area contributed by atoms with E-state index in [0.717, 1.165) is 6.42 Å². The van der Waals surface area contributed by atoms with Crippen molar-refractivity contribution in [2.24, 2.45) is 0 Å². The summed E-state index contributed by atoms with van der Waals surface area (Å²) in [4.78, 5) is 10.5. The topological polar surface area (TPSA) is 67.2 Å². The fourth-order valence-corrected chi connectivity index (χ4v) is 2.08. The number of nitrogens with one attached hydrogen (secondary N) is 2. The van der Waals surface area contributed by atoms with Gasteiger partial charge in [0.2, 0.25) is 0 Å². The van der Waals surface area contributed by atoms with Crippen LogP contribution in [0.3, 0.4) is 0 Å². The van der Waals surface area contributed by atoms with Crippen LogP contribution in [0.2, 0.25) is 0 Å². The fraction of sp³-hybridized carbons (Fsp3) is 0.133. The lowest BCUT2D eigenvalue weighted by atomic mass is 10.1. The van der Waals surface area contributed by atoms with Crippen LogP contribution in [0, 0.1) is 10.1 Å². The van der Waals surface area contributed by atoms with Crippen molar-refractivity contribution in [1.29, 1.82) is 0 Å². The number of thiocarbonyl (C=S) groups is 1. The van der Waals surface area contributed by atoms with E-state index in [1.807, 2.05) is 30.3 Å². The highest BCUT2D eigenvalue weighted by Gasteiger charge is 2.12. The third-order valence-corrected chi connectivity index (χ3v) is 3.14. The average Bonchev–Trinajstić information content (AvgIpc) is 2.48. The van der Waals surface area contributed by atoms with Crippen molar-refractivity contribution in [2.75, 3.05) is 11.9 Å². The second-order valence-electron chi connectivity index (χ2n) is 4.39. The lowest BCUT2D eigenvalue weighted by Gasteiger charge is -2.10. The summed E-state index contributed by atoms with van der Waals surface area (Å²) in [5.74, 6) is 0. The second-order valence-corrected chi connectivity index (χ2v) is 4.80. The molecule has 0 saturated carbocycles. The Kier molecular flexibility index (Phi) is 5.22. The zero-order valence-electron chi connectivity index (χ0n) is 11.3. The molecule has 108 valence electrons. The quantitative estimate of drug-likeness (QED) is 0.504. The molecule has 0 spiro atoms. The Morgan fingerprint density at radius 3 is 2.48 bits per heavy atom. The lowest BCUT2D eigenvalue weighted by molar-refractivity contribution is -0.383. The van der Waals surface area contributed by atoms with E-state index in [-0.39, 0.29) is 5.69 Å². The molecule has 0 aliphatic carbocycles. The van der Waals surface area contributed by atoms with E-state index in [4.69, 9.17) is 12.2 Å². The number of nitro benzene ring substituents is 1. The van der Waals surface area contributed by atoms with Gasteiger partial charge < -0.3 is 10.6 Å². The molecule has 2 N–H and O–H groups in total. The highest BCUT2D eigenvalue weighted by molar-refractivity contribution is 7.80. The van der Waals surface area contributed by atoms with E-state index < -0.39 is 4.92 Å². The summed E-state index contributed by atoms with van der Waals surface area (Å²) in [6.45, 7) is 0.663. The molecule has 0 fully saturated rings. The first-order chi connectivity index (χ1) is 10.2. The van der Waals surface area contributed by atoms with Crippen LogP contribution in [0.25, 0.3) is 0 Å². The Balaban J connectivity index is 1.86. The molecule has 0 amide bonds. The summed E-state index contributed by atoms with van der Waals surface area (Å²) in [6, 6.07) is 16.4. The largest absolute Gasteiger partial charge is 0.362 e. The number of anilines is 1. The Morgan fingerprint density at radius 2 is 1.76 bits per heavy atom. The van der Waals surface area contributed by atoms with Gasteiger partial charge in [-0.3, -0.25) is 10.1 Å². The molecule has 2 aromatic rings. The maximum Gasteiger partial charge on any atom is 0.292 e. The summed E-state index contributed by atoms with van der Waals surface area (Å²) < 4.78 is 0. The van der Waals surface area contributed by atoms with Crippen molar-refractivity contribution in [1.82, 2.24) is 5.32 Å². The first kappa shape index (κ1) is 14.9. The van der Waals surface area contributed by atoms with Crippen LogP contribution in [0.1, 0.15) is 5.56 Å². The maximum absolute atomic E-state index is 10.9. The van der Waals surface area contributed by atoms with Gasteiger partial charge in [0.25, 0.3) is 5.69 Å². The summed E-state index contributed by atoms with van der Waals surface area (Å²) in [6.07, 6.45) is 0.833. The number of nitro groups is 1. The van der Waals surface area contributed by atoms with Crippen molar-refractivity contribution in [2.45, 2.75) is 6.42 Å². The molecule has 0 radical (unpaired) electrons. The monoisotopic (exact) mass is 301 g/mol. The Morgan fingerprint density at radius 1 is 1.10 bits per heavy atom. The minimum atomic E-state index is -0.436. The van der Waals surface area contributed by atoms with E-state index in [1.165, 1.54) is 11.6 Å². The molecule has 6 heteroatoms. The van der Waals surface area contributed by atoms with Crippen LogP contribution < -0.4 is 10.6 Å². The van der Waals surface area contributed by atoms with Crippen LogP contribution in [-0.4, -0.2) is 16.6 Å². The Labute approximate surface area is 128 Å². The molecule has 0 aromatic heterocycles. The number of nitrogens with zero attached hydrogens (tertiary/aromatic N) is 1. The van der Waals surface area contributed by atoms with Gasteiger partial charge in [-0.15, -0.1) is 0 Å². The average molecular weight is 301 g/mol. The zero-order valence-corrected chi connectivity index (χ0v) is 12.1. The van der Waals surface area contributed by atoms with Gasteiger partial charge >= 0.3 is 0 Å². The van der Waals surface area contributed by atoms with Crippen molar-refractivity contribution in [3.8, 4) is 0 Å². The molecule has 0 bridgehead atoms. The number of para-hydroxylation sites is 2. The van der Waals surface area contributed by atoms with Gasteiger partial charge in [-0.05, 0) is 30.3 Å². The van der Waals surface area contributed by atoms with Crippen LogP contribution >= 0.6 is 12.2 Å². The molecule has 0 unspecified atom stereocenters. The molecule has 0 aliphatic rings. The highest BCUT2D eigenvalue weighted by Crippen LogP contribution is 2.22. The summed E-state index contributed by atoms with van der Waals surface area (Å²) in [5.41, 5.74) is 1.60. The minimum Gasteiger partial charge on any atom is -0.362 e. The minimum absolute atomic E-state index is 0.00436. The molecule has 0 heterocycles. The van der Waals surface area contributed by atoms with E-state index in [0.29, 0.717) is 17.3 Å². The van der Waals surface area contributed by atoms with Crippen molar-refractivity contribution in [3.63, 3.8) is 0 Å². The van der Waals surface area contributed by atoms with E-state index >= 15 is 0 Å². The third kappa shape index (κ3) is 4.54.